The van der Waals surface area contributed by atoms with Gasteiger partial charge in [0.25, 0.3) is 0 Å². The lowest BCUT2D eigenvalue weighted by atomic mass is 10.0. The molecule has 6 nitrogen and oxygen atoms in total. The van der Waals surface area contributed by atoms with Gasteiger partial charge in [0.15, 0.2) is 11.0 Å². The Kier molecular flexibility index (Phi) is 5.94. The van der Waals surface area contributed by atoms with Gasteiger partial charge in [-0.2, -0.15) is 0 Å². The van der Waals surface area contributed by atoms with E-state index in [2.05, 4.69) is 57.1 Å². The smallest absolute Gasteiger partial charge is 0.234 e. The first-order chi connectivity index (χ1) is 14.2. The Bertz CT molecular complexity index is 975. The van der Waals surface area contributed by atoms with Crippen LogP contribution in [0.4, 0.5) is 5.69 Å². The van der Waals surface area contributed by atoms with E-state index in [-0.39, 0.29) is 5.91 Å². The van der Waals surface area contributed by atoms with Crippen LogP contribution in [0.5, 0.6) is 0 Å². The molecule has 0 unspecified atom stereocenters. The number of aryl methyl sites for hydroxylation is 2. The number of amides is 1. The second-order valence-corrected chi connectivity index (χ2v) is 8.08. The van der Waals surface area contributed by atoms with Crippen LogP contribution in [0.3, 0.4) is 0 Å². The third kappa shape index (κ3) is 4.34. The number of nitrogens with zero attached hydrogens (tertiary/aromatic N) is 4. The zero-order chi connectivity index (χ0) is 20.2. The number of hydrogen-bond acceptors (Lipinski definition) is 5. The summed E-state index contributed by atoms with van der Waals surface area (Å²) in [5, 5.41) is 12.7. The van der Waals surface area contributed by atoms with Crippen molar-refractivity contribution in [1.82, 2.24) is 19.7 Å². The van der Waals surface area contributed by atoms with Crippen LogP contribution in [0.1, 0.15) is 43.9 Å². The number of rotatable bonds is 8. The molecule has 150 valence electrons. The maximum atomic E-state index is 12.7. The number of carbonyl (C=O) groups is 1. The molecule has 3 aromatic rings. The molecule has 0 saturated heterocycles. The molecule has 1 saturated carbocycles. The summed E-state index contributed by atoms with van der Waals surface area (Å²) in [6.07, 6.45) is 7.55. The molecule has 29 heavy (non-hydrogen) atoms. The van der Waals surface area contributed by atoms with Crippen molar-refractivity contribution in [3.8, 4) is 11.4 Å². The summed E-state index contributed by atoms with van der Waals surface area (Å²) in [6, 6.07) is 10.5. The number of nitrogens with one attached hydrogen (secondary N) is 1. The van der Waals surface area contributed by atoms with Gasteiger partial charge in [-0.25, -0.2) is 0 Å². The molecule has 0 atom stereocenters. The standard InChI is InChI=1S/C22H25N5OS/c1-3-15-6-5-7-16(4-2)20(15)24-19(28)14-29-22-26-25-21(27(22)18-8-9-18)17-10-12-23-13-11-17/h5-7,10-13,18H,3-4,8-9,14H2,1-2H3,(H,24,28). The molecule has 1 aliphatic rings. The van der Waals surface area contributed by atoms with E-state index < -0.39 is 0 Å². The van der Waals surface area contributed by atoms with Crippen LogP contribution < -0.4 is 5.32 Å². The summed E-state index contributed by atoms with van der Waals surface area (Å²) in [4.78, 5) is 16.8. The van der Waals surface area contributed by atoms with Crippen molar-refractivity contribution in [2.45, 2.75) is 50.7 Å². The monoisotopic (exact) mass is 407 g/mol. The highest BCUT2D eigenvalue weighted by Crippen LogP contribution is 2.41. The van der Waals surface area contributed by atoms with E-state index in [0.29, 0.717) is 11.8 Å². The van der Waals surface area contributed by atoms with E-state index in [1.54, 1.807) is 12.4 Å². The van der Waals surface area contributed by atoms with Crippen molar-refractivity contribution in [2.24, 2.45) is 0 Å². The van der Waals surface area contributed by atoms with E-state index in [0.717, 1.165) is 47.9 Å². The Morgan fingerprint density at radius 1 is 1.10 bits per heavy atom. The SMILES string of the molecule is CCc1cccc(CC)c1NC(=O)CSc1nnc(-c2ccncc2)n1C1CC1. The van der Waals surface area contributed by atoms with Crippen molar-refractivity contribution in [3.05, 3.63) is 53.9 Å². The highest BCUT2D eigenvalue weighted by atomic mass is 32.2. The van der Waals surface area contributed by atoms with Crippen LogP contribution in [0.25, 0.3) is 11.4 Å². The predicted octanol–water partition coefficient (Wildman–Crippen LogP) is 4.53. The zero-order valence-corrected chi connectivity index (χ0v) is 17.6. The van der Waals surface area contributed by atoms with Crippen LogP contribution in [-0.2, 0) is 17.6 Å². The molecule has 0 bridgehead atoms. The first kappa shape index (κ1) is 19.6. The Morgan fingerprint density at radius 3 is 2.41 bits per heavy atom. The van der Waals surface area contributed by atoms with Gasteiger partial charge in [-0.1, -0.05) is 43.8 Å². The number of thioether (sulfide) groups is 1. The molecule has 1 aromatic carbocycles. The van der Waals surface area contributed by atoms with E-state index in [9.17, 15) is 4.79 Å². The Hall–Kier alpha value is -2.67. The number of pyridine rings is 1. The first-order valence-corrected chi connectivity index (χ1v) is 11.1. The quantitative estimate of drug-likeness (QED) is 0.556. The maximum Gasteiger partial charge on any atom is 0.234 e. The lowest BCUT2D eigenvalue weighted by Gasteiger charge is -2.14. The Morgan fingerprint density at radius 2 is 1.79 bits per heavy atom. The van der Waals surface area contributed by atoms with Gasteiger partial charge in [0, 0.05) is 29.7 Å². The number of para-hydroxylation sites is 1. The van der Waals surface area contributed by atoms with Crippen molar-refractivity contribution in [3.63, 3.8) is 0 Å². The summed E-state index contributed by atoms with van der Waals surface area (Å²) < 4.78 is 2.17. The van der Waals surface area contributed by atoms with E-state index >= 15 is 0 Å². The van der Waals surface area contributed by atoms with Crippen LogP contribution in [0, 0.1) is 0 Å². The fourth-order valence-corrected chi connectivity index (χ4v) is 4.25. The van der Waals surface area contributed by atoms with Crippen LogP contribution in [0.2, 0.25) is 0 Å². The molecule has 1 aliphatic carbocycles. The Labute approximate surface area is 175 Å². The lowest BCUT2D eigenvalue weighted by molar-refractivity contribution is -0.113. The number of hydrogen-bond donors (Lipinski definition) is 1. The van der Waals surface area contributed by atoms with Gasteiger partial charge in [0.05, 0.1) is 5.75 Å². The Balaban J connectivity index is 1.49. The zero-order valence-electron chi connectivity index (χ0n) is 16.8. The fourth-order valence-electron chi connectivity index (χ4n) is 3.44. The molecule has 2 aromatic heterocycles. The van der Waals surface area contributed by atoms with Crippen LogP contribution in [-0.4, -0.2) is 31.4 Å². The van der Waals surface area contributed by atoms with E-state index in [4.69, 9.17) is 0 Å². The molecule has 1 N–H and O–H groups in total. The highest BCUT2D eigenvalue weighted by Gasteiger charge is 2.30. The summed E-state index contributed by atoms with van der Waals surface area (Å²) in [5.41, 5.74) is 4.30. The second kappa shape index (κ2) is 8.78. The van der Waals surface area contributed by atoms with Crippen molar-refractivity contribution < 1.29 is 4.79 Å². The number of aromatic nitrogens is 4. The summed E-state index contributed by atoms with van der Waals surface area (Å²) in [7, 11) is 0. The predicted molar refractivity (Wildman–Crippen MR) is 116 cm³/mol. The van der Waals surface area contributed by atoms with Gasteiger partial charge in [-0.05, 0) is 48.9 Å². The minimum Gasteiger partial charge on any atom is -0.325 e. The minimum atomic E-state index is -0.0126. The summed E-state index contributed by atoms with van der Waals surface area (Å²) in [6.45, 7) is 4.22. The first-order valence-electron chi connectivity index (χ1n) is 10.1. The van der Waals surface area contributed by atoms with Gasteiger partial charge in [0.1, 0.15) is 0 Å². The molecule has 2 heterocycles. The molecular formula is C22H25N5OS. The van der Waals surface area contributed by atoms with Gasteiger partial charge in [-0.3, -0.25) is 14.3 Å². The van der Waals surface area contributed by atoms with Gasteiger partial charge < -0.3 is 5.32 Å². The molecule has 0 aliphatic heterocycles. The molecule has 0 radical (unpaired) electrons. The topological polar surface area (TPSA) is 72.7 Å². The van der Waals surface area contributed by atoms with Gasteiger partial charge >= 0.3 is 0 Å². The third-order valence-corrected chi connectivity index (χ3v) is 6.05. The van der Waals surface area contributed by atoms with E-state index in [1.165, 1.54) is 22.9 Å². The van der Waals surface area contributed by atoms with Crippen LogP contribution >= 0.6 is 11.8 Å². The van der Waals surface area contributed by atoms with Crippen molar-refractivity contribution >= 4 is 23.4 Å². The molecular weight excluding hydrogens is 382 g/mol. The number of carbonyl (C=O) groups excluding carboxylic acids is 1. The normalized spacial score (nSPS) is 13.4. The maximum absolute atomic E-state index is 12.7. The van der Waals surface area contributed by atoms with E-state index in [1.807, 2.05) is 12.1 Å². The highest BCUT2D eigenvalue weighted by molar-refractivity contribution is 7.99. The second-order valence-electron chi connectivity index (χ2n) is 7.14. The third-order valence-electron chi connectivity index (χ3n) is 5.11. The molecule has 0 spiro atoms. The summed E-state index contributed by atoms with van der Waals surface area (Å²) in [5.74, 6) is 1.14. The molecule has 1 amide bonds. The van der Waals surface area contributed by atoms with Crippen molar-refractivity contribution in [1.29, 1.82) is 0 Å². The van der Waals surface area contributed by atoms with Gasteiger partial charge in [-0.15, -0.1) is 10.2 Å². The average molecular weight is 408 g/mol. The average Bonchev–Trinajstić information content (AvgIpc) is 3.51. The number of benzene rings is 1. The lowest BCUT2D eigenvalue weighted by Crippen LogP contribution is -2.17. The van der Waals surface area contributed by atoms with Crippen LogP contribution in [0.15, 0.2) is 47.9 Å². The fraction of sp³-hybridized carbons (Fsp3) is 0.364. The largest absolute Gasteiger partial charge is 0.325 e. The van der Waals surface area contributed by atoms with Gasteiger partial charge in [0.2, 0.25) is 5.91 Å². The minimum absolute atomic E-state index is 0.0126. The van der Waals surface area contributed by atoms with Crippen molar-refractivity contribution in [2.75, 3.05) is 11.1 Å². The molecule has 4 rings (SSSR count). The molecule has 1 fully saturated rings. The molecule has 7 heteroatoms. The number of anilines is 1. The summed E-state index contributed by atoms with van der Waals surface area (Å²) >= 11 is 1.45.